The summed E-state index contributed by atoms with van der Waals surface area (Å²) in [6, 6.07) is 5.98. The maximum absolute atomic E-state index is 11.8. The summed E-state index contributed by atoms with van der Waals surface area (Å²) in [6.45, 7) is 5.59. The van der Waals surface area contributed by atoms with Crippen molar-refractivity contribution in [1.29, 1.82) is 0 Å². The number of alkyl carbamates (subject to hydrolysis) is 1. The van der Waals surface area contributed by atoms with Crippen LogP contribution in [0.15, 0.2) is 18.2 Å². The zero-order chi connectivity index (χ0) is 17.0. The van der Waals surface area contributed by atoms with Crippen molar-refractivity contribution < 1.29 is 9.53 Å². The van der Waals surface area contributed by atoms with Crippen LogP contribution in [0.3, 0.4) is 0 Å². The molecule has 1 fully saturated rings. The number of ether oxygens (including phenoxy) is 1. The van der Waals surface area contributed by atoms with E-state index in [2.05, 4.69) is 10.6 Å². The Morgan fingerprint density at radius 1 is 1.13 bits per heavy atom. The lowest BCUT2D eigenvalue weighted by molar-refractivity contribution is 0.0492. The summed E-state index contributed by atoms with van der Waals surface area (Å²) in [7, 11) is 0. The molecule has 1 aromatic rings. The predicted molar refractivity (Wildman–Crippen MR) is 95.5 cm³/mol. The minimum atomic E-state index is -0.464. The largest absolute Gasteiger partial charge is 0.444 e. The molecule has 1 aromatic carbocycles. The van der Waals surface area contributed by atoms with Crippen LogP contribution < -0.4 is 10.6 Å². The van der Waals surface area contributed by atoms with Gasteiger partial charge < -0.3 is 15.4 Å². The molecule has 0 atom stereocenters. The number of amides is 1. The van der Waals surface area contributed by atoms with Gasteiger partial charge in [-0.1, -0.05) is 23.2 Å². The van der Waals surface area contributed by atoms with E-state index in [4.69, 9.17) is 27.9 Å². The third-order valence-electron chi connectivity index (χ3n) is 3.74. The number of hydrogen-bond acceptors (Lipinski definition) is 3. The Morgan fingerprint density at radius 2 is 1.74 bits per heavy atom. The van der Waals surface area contributed by atoms with Gasteiger partial charge in [-0.25, -0.2) is 4.79 Å². The molecule has 0 saturated heterocycles. The maximum atomic E-state index is 11.8. The van der Waals surface area contributed by atoms with Gasteiger partial charge in [-0.3, -0.25) is 0 Å². The van der Waals surface area contributed by atoms with Crippen LogP contribution in [0.4, 0.5) is 10.5 Å². The SMILES string of the molecule is CC(C)(C)OC(=O)NC1CCC(Nc2ccc(Cl)cc2Cl)CC1. The van der Waals surface area contributed by atoms with Gasteiger partial charge >= 0.3 is 6.09 Å². The van der Waals surface area contributed by atoms with Gasteiger partial charge in [0, 0.05) is 17.1 Å². The minimum Gasteiger partial charge on any atom is -0.444 e. The van der Waals surface area contributed by atoms with Crippen LogP contribution in [0, 0.1) is 0 Å². The maximum Gasteiger partial charge on any atom is 0.407 e. The van der Waals surface area contributed by atoms with Gasteiger partial charge in [0.15, 0.2) is 0 Å². The molecular formula is C17H24Cl2N2O2. The molecule has 0 bridgehead atoms. The lowest BCUT2D eigenvalue weighted by Gasteiger charge is -2.31. The number of hydrogen-bond donors (Lipinski definition) is 2. The summed E-state index contributed by atoms with van der Waals surface area (Å²) in [5.74, 6) is 0. The second-order valence-corrected chi connectivity index (χ2v) is 7.81. The van der Waals surface area contributed by atoms with Crippen molar-refractivity contribution in [3.63, 3.8) is 0 Å². The Morgan fingerprint density at radius 3 is 2.30 bits per heavy atom. The molecule has 1 amide bonds. The summed E-state index contributed by atoms with van der Waals surface area (Å²) < 4.78 is 5.29. The van der Waals surface area contributed by atoms with Gasteiger partial charge in [0.25, 0.3) is 0 Å². The first-order valence-electron chi connectivity index (χ1n) is 7.94. The lowest BCUT2D eigenvalue weighted by Crippen LogP contribution is -2.42. The third-order valence-corrected chi connectivity index (χ3v) is 4.29. The fraction of sp³-hybridized carbons (Fsp3) is 0.588. The van der Waals surface area contributed by atoms with Gasteiger partial charge in [0.05, 0.1) is 10.7 Å². The van der Waals surface area contributed by atoms with Gasteiger partial charge in [-0.2, -0.15) is 0 Å². The van der Waals surface area contributed by atoms with Crippen molar-refractivity contribution in [1.82, 2.24) is 5.32 Å². The predicted octanol–water partition coefficient (Wildman–Crippen LogP) is 5.24. The number of anilines is 1. The Hall–Kier alpha value is -1.13. The first-order valence-corrected chi connectivity index (χ1v) is 8.69. The summed E-state index contributed by atoms with van der Waals surface area (Å²) in [6.07, 6.45) is 3.44. The highest BCUT2D eigenvalue weighted by molar-refractivity contribution is 6.36. The molecule has 4 nitrogen and oxygen atoms in total. The second-order valence-electron chi connectivity index (χ2n) is 6.96. The van der Waals surface area contributed by atoms with Crippen molar-refractivity contribution in [3.05, 3.63) is 28.2 Å². The Labute approximate surface area is 147 Å². The highest BCUT2D eigenvalue weighted by Gasteiger charge is 2.25. The summed E-state index contributed by atoms with van der Waals surface area (Å²) in [4.78, 5) is 11.8. The lowest BCUT2D eigenvalue weighted by atomic mass is 9.91. The zero-order valence-electron chi connectivity index (χ0n) is 13.8. The fourth-order valence-corrected chi connectivity index (χ4v) is 3.15. The fourth-order valence-electron chi connectivity index (χ4n) is 2.68. The average Bonchev–Trinajstić information content (AvgIpc) is 2.42. The number of benzene rings is 1. The molecule has 0 aromatic heterocycles. The van der Waals surface area contributed by atoms with Crippen molar-refractivity contribution >= 4 is 35.0 Å². The molecule has 0 unspecified atom stereocenters. The van der Waals surface area contributed by atoms with Crippen LogP contribution >= 0.6 is 23.2 Å². The van der Waals surface area contributed by atoms with Crippen LogP contribution in [0.25, 0.3) is 0 Å². The molecule has 1 aliphatic rings. The molecule has 0 aliphatic heterocycles. The van der Waals surface area contributed by atoms with E-state index in [1.807, 2.05) is 32.9 Å². The normalized spacial score (nSPS) is 21.6. The molecule has 6 heteroatoms. The third kappa shape index (κ3) is 6.11. The Balaban J connectivity index is 1.79. The molecule has 0 radical (unpaired) electrons. The summed E-state index contributed by atoms with van der Waals surface area (Å²) >= 11 is 12.1. The smallest absolute Gasteiger partial charge is 0.407 e. The molecule has 128 valence electrons. The molecule has 2 rings (SSSR count). The van der Waals surface area contributed by atoms with Crippen molar-refractivity contribution in [3.8, 4) is 0 Å². The molecule has 23 heavy (non-hydrogen) atoms. The van der Waals surface area contributed by atoms with E-state index in [1.165, 1.54) is 0 Å². The first kappa shape index (κ1) is 18.2. The quantitative estimate of drug-likeness (QED) is 0.776. The van der Waals surface area contributed by atoms with E-state index >= 15 is 0 Å². The number of rotatable bonds is 3. The second kappa shape index (κ2) is 7.63. The monoisotopic (exact) mass is 358 g/mol. The van der Waals surface area contributed by atoms with Gasteiger partial charge in [0.1, 0.15) is 5.60 Å². The number of nitrogens with one attached hydrogen (secondary N) is 2. The first-order chi connectivity index (χ1) is 10.7. The zero-order valence-corrected chi connectivity index (χ0v) is 15.3. The van der Waals surface area contributed by atoms with Crippen LogP contribution in [-0.4, -0.2) is 23.8 Å². The minimum absolute atomic E-state index is 0.170. The Bertz CT molecular complexity index is 550. The Kier molecular flexibility index (Phi) is 6.04. The van der Waals surface area contributed by atoms with Gasteiger partial charge in [-0.05, 0) is 64.7 Å². The van der Waals surface area contributed by atoms with E-state index in [0.717, 1.165) is 31.4 Å². The number of carbonyl (C=O) groups is 1. The molecule has 0 spiro atoms. The van der Waals surface area contributed by atoms with Crippen molar-refractivity contribution in [2.75, 3.05) is 5.32 Å². The average molecular weight is 359 g/mol. The molecule has 0 heterocycles. The molecule has 2 N–H and O–H groups in total. The van der Waals surface area contributed by atoms with E-state index in [9.17, 15) is 4.79 Å². The van der Waals surface area contributed by atoms with Crippen molar-refractivity contribution in [2.24, 2.45) is 0 Å². The number of halogens is 2. The topological polar surface area (TPSA) is 50.4 Å². The molecule has 1 saturated carbocycles. The van der Waals surface area contributed by atoms with Crippen LogP contribution in [-0.2, 0) is 4.74 Å². The van der Waals surface area contributed by atoms with E-state index in [1.54, 1.807) is 6.07 Å². The van der Waals surface area contributed by atoms with Gasteiger partial charge in [0.2, 0.25) is 0 Å². The van der Waals surface area contributed by atoms with E-state index in [0.29, 0.717) is 16.1 Å². The van der Waals surface area contributed by atoms with Crippen molar-refractivity contribution in [2.45, 2.75) is 64.1 Å². The highest BCUT2D eigenvalue weighted by atomic mass is 35.5. The van der Waals surface area contributed by atoms with Crippen LogP contribution in [0.1, 0.15) is 46.5 Å². The van der Waals surface area contributed by atoms with E-state index < -0.39 is 5.60 Å². The van der Waals surface area contributed by atoms with Crippen LogP contribution in [0.2, 0.25) is 10.0 Å². The summed E-state index contributed by atoms with van der Waals surface area (Å²) in [5.41, 5.74) is 0.438. The van der Waals surface area contributed by atoms with E-state index in [-0.39, 0.29) is 12.1 Å². The molecule has 1 aliphatic carbocycles. The summed E-state index contributed by atoms with van der Waals surface area (Å²) in [5, 5.41) is 7.66. The van der Waals surface area contributed by atoms with Gasteiger partial charge in [-0.15, -0.1) is 0 Å². The molecular weight excluding hydrogens is 335 g/mol. The standard InChI is InChI=1S/C17H24Cl2N2O2/c1-17(2,3)23-16(22)21-13-7-5-12(6-8-13)20-15-9-4-11(18)10-14(15)19/h4,9-10,12-13,20H,5-8H2,1-3H3,(H,21,22). The number of carbonyl (C=O) groups excluding carboxylic acids is 1. The highest BCUT2D eigenvalue weighted by Crippen LogP contribution is 2.29. The van der Waals surface area contributed by atoms with Crippen LogP contribution in [0.5, 0.6) is 0 Å².